The highest BCUT2D eigenvalue weighted by atomic mass is 19.1. The molecule has 25 heavy (non-hydrogen) atoms. The van der Waals surface area contributed by atoms with Crippen molar-refractivity contribution < 1.29 is 18.9 Å². The molecule has 0 atom stereocenters. The molecule has 1 N–H and O–H groups in total. The molecule has 2 aromatic rings. The molecular weight excluding hydrogens is 329 g/mol. The minimum Gasteiger partial charge on any atom is -0.343 e. The zero-order chi connectivity index (χ0) is 18.4. The maximum absolute atomic E-state index is 13.1. The SMILES string of the molecule is CN(Cc1cccc(F)c1)C(=O)CNC(=O)c1cccc([N+](=O)[O-])c1. The van der Waals surface area contributed by atoms with Crippen LogP contribution >= 0.6 is 0 Å². The first-order valence-electron chi connectivity index (χ1n) is 7.38. The first kappa shape index (κ1) is 18.1. The number of rotatable bonds is 6. The van der Waals surface area contributed by atoms with E-state index in [9.17, 15) is 24.1 Å². The Labute approximate surface area is 143 Å². The van der Waals surface area contributed by atoms with Crippen molar-refractivity contribution in [3.8, 4) is 0 Å². The molecule has 7 nitrogen and oxygen atoms in total. The van der Waals surface area contributed by atoms with Gasteiger partial charge >= 0.3 is 0 Å². The number of halogens is 1. The lowest BCUT2D eigenvalue weighted by Gasteiger charge is -2.17. The van der Waals surface area contributed by atoms with Gasteiger partial charge in [-0.2, -0.15) is 0 Å². The second kappa shape index (κ2) is 8.00. The van der Waals surface area contributed by atoms with Gasteiger partial charge in [-0.3, -0.25) is 19.7 Å². The van der Waals surface area contributed by atoms with Gasteiger partial charge in [-0.25, -0.2) is 4.39 Å². The summed E-state index contributed by atoms with van der Waals surface area (Å²) in [4.78, 5) is 35.5. The number of nitrogens with one attached hydrogen (secondary N) is 1. The van der Waals surface area contributed by atoms with Crippen LogP contribution in [0.4, 0.5) is 10.1 Å². The predicted molar refractivity (Wildman–Crippen MR) is 88.3 cm³/mol. The van der Waals surface area contributed by atoms with Crippen molar-refractivity contribution in [2.75, 3.05) is 13.6 Å². The Bertz CT molecular complexity index is 810. The van der Waals surface area contributed by atoms with Crippen LogP contribution in [0.5, 0.6) is 0 Å². The van der Waals surface area contributed by atoms with Crippen molar-refractivity contribution in [2.45, 2.75) is 6.54 Å². The van der Waals surface area contributed by atoms with Gasteiger partial charge in [-0.05, 0) is 23.8 Å². The van der Waals surface area contributed by atoms with Crippen LogP contribution in [0.25, 0.3) is 0 Å². The Morgan fingerprint density at radius 3 is 2.60 bits per heavy atom. The highest BCUT2D eigenvalue weighted by Crippen LogP contribution is 2.13. The molecule has 0 saturated carbocycles. The smallest absolute Gasteiger partial charge is 0.270 e. The van der Waals surface area contributed by atoms with E-state index in [2.05, 4.69) is 5.32 Å². The predicted octanol–water partition coefficient (Wildman–Crippen LogP) is 2.12. The average molecular weight is 345 g/mol. The van der Waals surface area contributed by atoms with Gasteiger partial charge < -0.3 is 10.2 Å². The van der Waals surface area contributed by atoms with E-state index in [1.165, 1.54) is 42.3 Å². The van der Waals surface area contributed by atoms with Gasteiger partial charge in [0.25, 0.3) is 11.6 Å². The van der Waals surface area contributed by atoms with E-state index in [1.807, 2.05) is 0 Å². The first-order chi connectivity index (χ1) is 11.9. The third-order valence-electron chi connectivity index (χ3n) is 3.45. The van der Waals surface area contributed by atoms with Crippen molar-refractivity contribution in [3.63, 3.8) is 0 Å². The van der Waals surface area contributed by atoms with Gasteiger partial charge in [0.05, 0.1) is 11.5 Å². The molecule has 2 amide bonds. The van der Waals surface area contributed by atoms with Crippen molar-refractivity contribution in [1.82, 2.24) is 10.2 Å². The third kappa shape index (κ3) is 5.10. The fourth-order valence-electron chi connectivity index (χ4n) is 2.15. The number of nitrogens with zero attached hydrogens (tertiary/aromatic N) is 2. The van der Waals surface area contributed by atoms with Crippen LogP contribution in [0.3, 0.4) is 0 Å². The molecule has 130 valence electrons. The van der Waals surface area contributed by atoms with E-state index in [-0.39, 0.29) is 30.2 Å². The van der Waals surface area contributed by atoms with Crippen LogP contribution in [0.15, 0.2) is 48.5 Å². The fraction of sp³-hybridized carbons (Fsp3) is 0.176. The molecule has 8 heteroatoms. The number of nitro groups is 1. The number of carbonyl (C=O) groups excluding carboxylic acids is 2. The first-order valence-corrected chi connectivity index (χ1v) is 7.38. The highest BCUT2D eigenvalue weighted by molar-refractivity contribution is 5.96. The van der Waals surface area contributed by atoms with Crippen LogP contribution in [0.2, 0.25) is 0 Å². The fourth-order valence-corrected chi connectivity index (χ4v) is 2.15. The quantitative estimate of drug-likeness (QED) is 0.641. The minimum atomic E-state index is -0.602. The normalized spacial score (nSPS) is 10.2. The van der Waals surface area contributed by atoms with E-state index in [0.29, 0.717) is 5.56 Å². The van der Waals surface area contributed by atoms with Crippen molar-refractivity contribution >= 4 is 17.5 Å². The summed E-state index contributed by atoms with van der Waals surface area (Å²) < 4.78 is 13.1. The Morgan fingerprint density at radius 1 is 1.20 bits per heavy atom. The van der Waals surface area contributed by atoms with Gasteiger partial charge in [0.2, 0.25) is 5.91 Å². The third-order valence-corrected chi connectivity index (χ3v) is 3.45. The zero-order valence-corrected chi connectivity index (χ0v) is 13.4. The molecule has 0 bridgehead atoms. The summed E-state index contributed by atoms with van der Waals surface area (Å²) >= 11 is 0. The van der Waals surface area contributed by atoms with Crippen LogP contribution < -0.4 is 5.32 Å². The van der Waals surface area contributed by atoms with Crippen LogP contribution in [-0.4, -0.2) is 35.2 Å². The number of nitro benzene ring substituents is 1. The molecule has 0 spiro atoms. The monoisotopic (exact) mass is 345 g/mol. The van der Waals surface area contributed by atoms with E-state index >= 15 is 0 Å². The lowest BCUT2D eigenvalue weighted by atomic mass is 10.2. The molecule has 2 rings (SSSR count). The van der Waals surface area contributed by atoms with E-state index in [4.69, 9.17) is 0 Å². The molecule has 0 saturated heterocycles. The van der Waals surface area contributed by atoms with Gasteiger partial charge in [0.15, 0.2) is 0 Å². The Kier molecular flexibility index (Phi) is 5.78. The Hall–Kier alpha value is -3.29. The lowest BCUT2D eigenvalue weighted by Crippen LogP contribution is -2.37. The summed E-state index contributed by atoms with van der Waals surface area (Å²) in [5, 5.41) is 13.1. The molecule has 0 unspecified atom stereocenters. The molecule has 0 aliphatic rings. The van der Waals surface area contributed by atoms with Gasteiger partial charge in [0, 0.05) is 31.3 Å². The molecule has 0 aliphatic carbocycles. The maximum atomic E-state index is 13.1. The largest absolute Gasteiger partial charge is 0.343 e. The Morgan fingerprint density at radius 2 is 1.92 bits per heavy atom. The van der Waals surface area contributed by atoms with Gasteiger partial charge in [-0.15, -0.1) is 0 Å². The van der Waals surface area contributed by atoms with Gasteiger partial charge in [-0.1, -0.05) is 18.2 Å². The molecule has 0 fully saturated rings. The van der Waals surface area contributed by atoms with E-state index < -0.39 is 16.6 Å². The molecule has 0 heterocycles. The molecule has 0 aromatic heterocycles. The number of benzene rings is 2. The number of amides is 2. The van der Waals surface area contributed by atoms with E-state index in [1.54, 1.807) is 12.1 Å². The summed E-state index contributed by atoms with van der Waals surface area (Å²) in [5.74, 6) is -1.35. The van der Waals surface area contributed by atoms with Crippen LogP contribution in [0.1, 0.15) is 15.9 Å². The second-order valence-electron chi connectivity index (χ2n) is 5.37. The number of hydrogen-bond donors (Lipinski definition) is 1. The van der Waals surface area contributed by atoms with Crippen LogP contribution in [0, 0.1) is 15.9 Å². The van der Waals surface area contributed by atoms with E-state index in [0.717, 1.165) is 6.07 Å². The summed E-state index contributed by atoms with van der Waals surface area (Å²) in [6.07, 6.45) is 0. The summed E-state index contributed by atoms with van der Waals surface area (Å²) in [6, 6.07) is 11.1. The van der Waals surface area contributed by atoms with Crippen LogP contribution in [-0.2, 0) is 11.3 Å². The average Bonchev–Trinajstić information content (AvgIpc) is 2.59. The number of likely N-dealkylation sites (N-methyl/N-ethyl adjacent to an activating group) is 1. The molecular formula is C17H16FN3O4. The molecule has 0 radical (unpaired) electrons. The second-order valence-corrected chi connectivity index (χ2v) is 5.37. The lowest BCUT2D eigenvalue weighted by molar-refractivity contribution is -0.384. The number of non-ortho nitro benzene ring substituents is 1. The van der Waals surface area contributed by atoms with Crippen molar-refractivity contribution in [1.29, 1.82) is 0 Å². The zero-order valence-electron chi connectivity index (χ0n) is 13.4. The highest BCUT2D eigenvalue weighted by Gasteiger charge is 2.14. The standard InChI is InChI=1S/C17H16FN3O4/c1-20(11-12-4-2-6-14(18)8-12)16(22)10-19-17(23)13-5-3-7-15(9-13)21(24)25/h2-9H,10-11H2,1H3,(H,19,23). The van der Waals surface area contributed by atoms with Crippen molar-refractivity contribution in [2.24, 2.45) is 0 Å². The number of carbonyl (C=O) groups is 2. The van der Waals surface area contributed by atoms with Gasteiger partial charge in [0.1, 0.15) is 5.82 Å². The minimum absolute atomic E-state index is 0.0924. The molecule has 2 aromatic carbocycles. The molecule has 0 aliphatic heterocycles. The summed E-state index contributed by atoms with van der Waals surface area (Å²) in [7, 11) is 1.53. The topological polar surface area (TPSA) is 92.6 Å². The van der Waals surface area contributed by atoms with Crippen molar-refractivity contribution in [3.05, 3.63) is 75.6 Å². The number of hydrogen-bond acceptors (Lipinski definition) is 4. The summed E-state index contributed by atoms with van der Waals surface area (Å²) in [5.41, 5.74) is 0.512. The summed E-state index contributed by atoms with van der Waals surface area (Å²) in [6.45, 7) is -0.0728. The maximum Gasteiger partial charge on any atom is 0.270 e. The Balaban J connectivity index is 1.91.